The highest BCUT2D eigenvalue weighted by molar-refractivity contribution is 8.13. The second-order valence-corrected chi connectivity index (χ2v) is 7.68. The molecule has 0 fully saturated rings. The fourth-order valence-corrected chi connectivity index (χ4v) is 2.44. The molecule has 0 unspecified atom stereocenters. The van der Waals surface area contributed by atoms with Crippen LogP contribution in [0.3, 0.4) is 0 Å². The SMILES string of the molecule is CC(C)CCC(=O)NCCc1ccc(S(=O)(=O)Cl)cc1. The summed E-state index contributed by atoms with van der Waals surface area (Å²) in [5.74, 6) is 0.574. The number of carbonyl (C=O) groups is 1. The summed E-state index contributed by atoms with van der Waals surface area (Å²) in [4.78, 5) is 11.6. The molecule has 1 N–H and O–H groups in total. The van der Waals surface area contributed by atoms with E-state index >= 15 is 0 Å². The van der Waals surface area contributed by atoms with Gasteiger partial charge in [0, 0.05) is 23.6 Å². The van der Waals surface area contributed by atoms with Crippen LogP contribution in [0.1, 0.15) is 32.3 Å². The molecule has 0 bridgehead atoms. The maximum absolute atomic E-state index is 11.5. The van der Waals surface area contributed by atoms with Crippen molar-refractivity contribution in [2.24, 2.45) is 5.92 Å². The lowest BCUT2D eigenvalue weighted by molar-refractivity contribution is -0.121. The van der Waals surface area contributed by atoms with E-state index in [1.165, 1.54) is 12.1 Å². The summed E-state index contributed by atoms with van der Waals surface area (Å²) in [6.45, 7) is 4.71. The van der Waals surface area contributed by atoms with Crippen molar-refractivity contribution in [3.05, 3.63) is 29.8 Å². The summed E-state index contributed by atoms with van der Waals surface area (Å²) >= 11 is 0. The summed E-state index contributed by atoms with van der Waals surface area (Å²) < 4.78 is 22.2. The van der Waals surface area contributed by atoms with Gasteiger partial charge in [-0.15, -0.1) is 0 Å². The predicted octanol–water partition coefficient (Wildman–Crippen LogP) is 2.71. The lowest BCUT2D eigenvalue weighted by Crippen LogP contribution is -2.25. The molecule has 4 nitrogen and oxygen atoms in total. The molecule has 20 heavy (non-hydrogen) atoms. The van der Waals surface area contributed by atoms with Gasteiger partial charge in [0.15, 0.2) is 0 Å². The first kappa shape index (κ1) is 17.0. The lowest BCUT2D eigenvalue weighted by atomic mass is 10.1. The number of hydrogen-bond acceptors (Lipinski definition) is 3. The highest BCUT2D eigenvalue weighted by Crippen LogP contribution is 2.15. The van der Waals surface area contributed by atoms with Crippen LogP contribution in [0, 0.1) is 5.92 Å². The highest BCUT2D eigenvalue weighted by Gasteiger charge is 2.09. The van der Waals surface area contributed by atoms with E-state index in [0.717, 1.165) is 12.0 Å². The largest absolute Gasteiger partial charge is 0.356 e. The van der Waals surface area contributed by atoms with Crippen LogP contribution < -0.4 is 5.32 Å². The van der Waals surface area contributed by atoms with E-state index in [9.17, 15) is 13.2 Å². The van der Waals surface area contributed by atoms with E-state index in [4.69, 9.17) is 10.7 Å². The third kappa shape index (κ3) is 6.39. The minimum atomic E-state index is -3.67. The van der Waals surface area contributed by atoms with E-state index in [0.29, 0.717) is 25.3 Å². The van der Waals surface area contributed by atoms with Crippen LogP contribution in [0.15, 0.2) is 29.2 Å². The molecule has 0 aromatic heterocycles. The van der Waals surface area contributed by atoms with E-state index in [1.807, 2.05) is 0 Å². The van der Waals surface area contributed by atoms with Gasteiger partial charge in [-0.25, -0.2) is 8.42 Å². The average Bonchev–Trinajstić information content (AvgIpc) is 2.36. The van der Waals surface area contributed by atoms with Crippen LogP contribution >= 0.6 is 10.7 Å². The van der Waals surface area contributed by atoms with Crippen LogP contribution in [0.25, 0.3) is 0 Å². The fraction of sp³-hybridized carbons (Fsp3) is 0.500. The van der Waals surface area contributed by atoms with Gasteiger partial charge in [0.25, 0.3) is 9.05 Å². The third-order valence-electron chi connectivity index (χ3n) is 2.89. The van der Waals surface area contributed by atoms with Crippen LogP contribution in [0.4, 0.5) is 0 Å². The fourth-order valence-electron chi connectivity index (χ4n) is 1.67. The second kappa shape index (κ2) is 7.64. The first-order valence-corrected chi connectivity index (χ1v) is 8.90. The Labute approximate surface area is 124 Å². The smallest absolute Gasteiger partial charge is 0.261 e. The van der Waals surface area contributed by atoms with Crippen LogP contribution in [0.2, 0.25) is 0 Å². The van der Waals surface area contributed by atoms with Crippen LogP contribution in [0.5, 0.6) is 0 Å². The zero-order valence-corrected chi connectivity index (χ0v) is 13.3. The molecule has 1 amide bonds. The molecule has 0 saturated carbocycles. The Morgan fingerprint density at radius 2 is 1.85 bits per heavy atom. The van der Waals surface area contributed by atoms with Gasteiger partial charge in [0.2, 0.25) is 5.91 Å². The number of hydrogen-bond donors (Lipinski definition) is 1. The molecule has 0 heterocycles. The summed E-state index contributed by atoms with van der Waals surface area (Å²) in [5, 5.41) is 2.85. The van der Waals surface area contributed by atoms with E-state index in [1.54, 1.807) is 12.1 Å². The zero-order valence-electron chi connectivity index (χ0n) is 11.7. The molecule has 0 radical (unpaired) electrons. The van der Waals surface area contributed by atoms with Crippen molar-refractivity contribution in [1.29, 1.82) is 0 Å². The second-order valence-electron chi connectivity index (χ2n) is 5.11. The normalized spacial score (nSPS) is 11.6. The van der Waals surface area contributed by atoms with Crippen molar-refractivity contribution in [2.45, 2.75) is 38.0 Å². The number of rotatable bonds is 7. The Morgan fingerprint density at radius 3 is 2.35 bits per heavy atom. The molecular weight excluding hydrogens is 298 g/mol. The first-order chi connectivity index (χ1) is 9.29. The average molecular weight is 318 g/mol. The van der Waals surface area contributed by atoms with Gasteiger partial charge in [0.1, 0.15) is 0 Å². The van der Waals surface area contributed by atoms with Gasteiger partial charge in [-0.1, -0.05) is 26.0 Å². The maximum atomic E-state index is 11.5. The quantitative estimate of drug-likeness (QED) is 0.786. The van der Waals surface area contributed by atoms with Gasteiger partial charge >= 0.3 is 0 Å². The van der Waals surface area contributed by atoms with E-state index in [-0.39, 0.29) is 10.8 Å². The van der Waals surface area contributed by atoms with Gasteiger partial charge < -0.3 is 5.32 Å². The number of benzene rings is 1. The topological polar surface area (TPSA) is 63.2 Å². The molecule has 1 rings (SSSR count). The van der Waals surface area contributed by atoms with Crippen molar-refractivity contribution < 1.29 is 13.2 Å². The molecule has 0 atom stereocenters. The summed E-state index contributed by atoms with van der Waals surface area (Å²) in [6, 6.07) is 6.35. The first-order valence-electron chi connectivity index (χ1n) is 6.59. The van der Waals surface area contributed by atoms with Crippen molar-refractivity contribution in [2.75, 3.05) is 6.54 Å². The Morgan fingerprint density at radius 1 is 1.25 bits per heavy atom. The summed E-state index contributed by atoms with van der Waals surface area (Å²) in [7, 11) is 1.57. The number of carbonyl (C=O) groups excluding carboxylic acids is 1. The Kier molecular flexibility index (Phi) is 6.49. The number of nitrogens with one attached hydrogen (secondary N) is 1. The number of amides is 1. The predicted molar refractivity (Wildman–Crippen MR) is 80.3 cm³/mol. The minimum absolute atomic E-state index is 0.0543. The molecule has 1 aromatic carbocycles. The Bertz CT molecular complexity index is 538. The molecule has 0 aliphatic carbocycles. The molecule has 0 saturated heterocycles. The monoisotopic (exact) mass is 317 g/mol. The summed E-state index contributed by atoms with van der Waals surface area (Å²) in [5.41, 5.74) is 0.957. The minimum Gasteiger partial charge on any atom is -0.356 e. The molecule has 112 valence electrons. The number of halogens is 1. The Hall–Kier alpha value is -1.07. The molecule has 0 spiro atoms. The van der Waals surface area contributed by atoms with Crippen molar-refractivity contribution in [3.8, 4) is 0 Å². The van der Waals surface area contributed by atoms with Crippen molar-refractivity contribution in [3.63, 3.8) is 0 Å². The molecule has 6 heteroatoms. The van der Waals surface area contributed by atoms with Crippen molar-refractivity contribution >= 4 is 25.6 Å². The third-order valence-corrected chi connectivity index (χ3v) is 4.26. The summed E-state index contributed by atoms with van der Waals surface area (Å²) in [6.07, 6.45) is 2.09. The lowest BCUT2D eigenvalue weighted by Gasteiger charge is -2.07. The Balaban J connectivity index is 2.38. The van der Waals surface area contributed by atoms with Gasteiger partial charge in [0.05, 0.1) is 4.90 Å². The molecule has 0 aliphatic rings. The molecule has 1 aromatic rings. The van der Waals surface area contributed by atoms with E-state index in [2.05, 4.69) is 19.2 Å². The van der Waals surface area contributed by atoms with Crippen molar-refractivity contribution in [1.82, 2.24) is 5.32 Å². The maximum Gasteiger partial charge on any atom is 0.261 e. The standard InChI is InChI=1S/C14H20ClNO3S/c1-11(2)3-8-14(17)16-10-9-12-4-6-13(7-5-12)20(15,18)19/h4-7,11H,3,8-10H2,1-2H3,(H,16,17). The van der Waals surface area contributed by atoms with Gasteiger partial charge in [-0.05, 0) is 36.5 Å². The zero-order chi connectivity index (χ0) is 15.2. The van der Waals surface area contributed by atoms with Gasteiger partial charge in [-0.2, -0.15) is 0 Å². The van der Waals surface area contributed by atoms with E-state index < -0.39 is 9.05 Å². The van der Waals surface area contributed by atoms with Crippen LogP contribution in [-0.2, 0) is 20.3 Å². The molecular formula is C14H20ClNO3S. The van der Waals surface area contributed by atoms with Crippen LogP contribution in [-0.4, -0.2) is 20.9 Å². The van der Waals surface area contributed by atoms with Gasteiger partial charge in [-0.3, -0.25) is 4.79 Å². The highest BCUT2D eigenvalue weighted by atomic mass is 35.7. The molecule has 0 aliphatic heterocycles.